The molecule has 0 saturated carbocycles. The van der Waals surface area contributed by atoms with Gasteiger partial charge in [-0.1, -0.05) is 22.0 Å². The zero-order valence-corrected chi connectivity index (χ0v) is 8.73. The third-order valence-electron chi connectivity index (χ3n) is 1.46. The van der Waals surface area contributed by atoms with Crippen molar-refractivity contribution in [1.29, 1.82) is 0 Å². The van der Waals surface area contributed by atoms with Crippen LogP contribution in [0.15, 0.2) is 18.2 Å². The summed E-state index contributed by atoms with van der Waals surface area (Å²) in [6.45, 7) is 2.78. The zero-order chi connectivity index (χ0) is 8.81. The quantitative estimate of drug-likeness (QED) is 0.568. The topological polar surface area (TPSA) is 9.23 Å². The SMILES string of the molecule is Cc1[c]ccc(OCCCBr)c1. The second-order valence-corrected chi connectivity index (χ2v) is 3.39. The average Bonchev–Trinajstić information content (AvgIpc) is 2.05. The molecule has 0 atom stereocenters. The summed E-state index contributed by atoms with van der Waals surface area (Å²) in [5.41, 5.74) is 1.12. The lowest BCUT2D eigenvalue weighted by atomic mass is 10.2. The summed E-state index contributed by atoms with van der Waals surface area (Å²) in [6, 6.07) is 8.89. The van der Waals surface area contributed by atoms with Gasteiger partial charge in [-0.15, -0.1) is 0 Å². The molecule has 0 aliphatic heterocycles. The maximum atomic E-state index is 5.48. The summed E-state index contributed by atoms with van der Waals surface area (Å²) >= 11 is 3.35. The van der Waals surface area contributed by atoms with Gasteiger partial charge in [-0.3, -0.25) is 0 Å². The van der Waals surface area contributed by atoms with Crippen LogP contribution in [-0.4, -0.2) is 11.9 Å². The molecule has 0 aliphatic carbocycles. The van der Waals surface area contributed by atoms with Gasteiger partial charge in [-0.2, -0.15) is 0 Å². The summed E-state index contributed by atoms with van der Waals surface area (Å²) in [5.74, 6) is 0.937. The molecule has 1 aromatic carbocycles. The lowest BCUT2D eigenvalue weighted by molar-refractivity contribution is 0.319. The molecule has 0 unspecified atom stereocenters. The number of aryl methyl sites for hydroxylation is 1. The van der Waals surface area contributed by atoms with Gasteiger partial charge in [0.15, 0.2) is 0 Å². The minimum Gasteiger partial charge on any atom is -0.494 e. The van der Waals surface area contributed by atoms with Crippen molar-refractivity contribution >= 4 is 15.9 Å². The third kappa shape index (κ3) is 3.26. The van der Waals surface area contributed by atoms with Crippen LogP contribution in [0.4, 0.5) is 0 Å². The highest BCUT2D eigenvalue weighted by Crippen LogP contribution is 2.11. The minimum absolute atomic E-state index is 0.773. The van der Waals surface area contributed by atoms with Crippen molar-refractivity contribution in [2.75, 3.05) is 11.9 Å². The molecule has 0 fully saturated rings. The number of alkyl halides is 1. The number of hydrogen-bond donors (Lipinski definition) is 0. The predicted octanol–water partition coefficient (Wildman–Crippen LogP) is 2.96. The highest BCUT2D eigenvalue weighted by atomic mass is 79.9. The van der Waals surface area contributed by atoms with Crippen LogP contribution in [-0.2, 0) is 0 Å². The van der Waals surface area contributed by atoms with Gasteiger partial charge in [0.2, 0.25) is 0 Å². The van der Waals surface area contributed by atoms with Crippen molar-refractivity contribution in [1.82, 2.24) is 0 Å². The number of benzene rings is 1. The van der Waals surface area contributed by atoms with Gasteiger partial charge in [-0.05, 0) is 37.1 Å². The molecule has 65 valence electrons. The largest absolute Gasteiger partial charge is 0.494 e. The molecule has 0 N–H and O–H groups in total. The molecule has 1 aromatic rings. The summed E-state index contributed by atoms with van der Waals surface area (Å²) < 4.78 is 5.48. The molecule has 0 aromatic heterocycles. The Morgan fingerprint density at radius 3 is 3.08 bits per heavy atom. The lowest BCUT2D eigenvalue weighted by Crippen LogP contribution is -1.97. The van der Waals surface area contributed by atoms with E-state index >= 15 is 0 Å². The molecule has 0 saturated heterocycles. The van der Waals surface area contributed by atoms with E-state index in [1.54, 1.807) is 0 Å². The molecule has 12 heavy (non-hydrogen) atoms. The first-order valence-electron chi connectivity index (χ1n) is 4.00. The summed E-state index contributed by atoms with van der Waals surface area (Å²) in [6.07, 6.45) is 1.04. The maximum Gasteiger partial charge on any atom is 0.119 e. The van der Waals surface area contributed by atoms with Crippen molar-refractivity contribution in [2.45, 2.75) is 13.3 Å². The van der Waals surface area contributed by atoms with Crippen molar-refractivity contribution in [3.05, 3.63) is 29.8 Å². The fraction of sp³-hybridized carbons (Fsp3) is 0.400. The second-order valence-electron chi connectivity index (χ2n) is 2.60. The van der Waals surface area contributed by atoms with E-state index in [1.165, 1.54) is 0 Å². The standard InChI is InChI=1S/C10H12BrO/c1-9-4-2-5-10(8-9)12-7-3-6-11/h2,5,8H,3,6-7H2,1H3. The molecular weight excluding hydrogens is 216 g/mol. The van der Waals surface area contributed by atoms with Crippen LogP contribution in [0.1, 0.15) is 12.0 Å². The van der Waals surface area contributed by atoms with Crippen molar-refractivity contribution in [2.24, 2.45) is 0 Å². The fourth-order valence-electron chi connectivity index (χ4n) is 0.893. The van der Waals surface area contributed by atoms with Crippen LogP contribution in [0, 0.1) is 13.0 Å². The van der Waals surface area contributed by atoms with E-state index in [4.69, 9.17) is 4.74 Å². The summed E-state index contributed by atoms with van der Waals surface area (Å²) in [5, 5.41) is 0.991. The first kappa shape index (κ1) is 9.59. The van der Waals surface area contributed by atoms with Gasteiger partial charge >= 0.3 is 0 Å². The Labute approximate surface area is 81.9 Å². The van der Waals surface area contributed by atoms with Crippen LogP contribution in [0.2, 0.25) is 0 Å². The molecule has 1 nitrogen and oxygen atoms in total. The molecule has 0 aliphatic rings. The van der Waals surface area contributed by atoms with Gasteiger partial charge < -0.3 is 4.74 Å². The third-order valence-corrected chi connectivity index (χ3v) is 2.02. The molecule has 0 bridgehead atoms. The Balaban J connectivity index is 2.41. The van der Waals surface area contributed by atoms with Crippen molar-refractivity contribution < 1.29 is 4.74 Å². The molecular formula is C10H12BrO. The Kier molecular flexibility index (Phi) is 4.15. The van der Waals surface area contributed by atoms with E-state index in [0.29, 0.717) is 0 Å². The van der Waals surface area contributed by atoms with Crippen molar-refractivity contribution in [3.63, 3.8) is 0 Å². The smallest absolute Gasteiger partial charge is 0.119 e. The van der Waals surface area contributed by atoms with Gasteiger partial charge in [0, 0.05) is 5.33 Å². The number of hydrogen-bond acceptors (Lipinski definition) is 1. The Bertz CT molecular complexity index is 235. The van der Waals surface area contributed by atoms with E-state index in [1.807, 2.05) is 25.1 Å². The molecule has 1 rings (SSSR count). The van der Waals surface area contributed by atoms with Gasteiger partial charge in [0.1, 0.15) is 5.75 Å². The van der Waals surface area contributed by atoms with E-state index in [0.717, 1.165) is 29.7 Å². The van der Waals surface area contributed by atoms with E-state index in [9.17, 15) is 0 Å². The zero-order valence-electron chi connectivity index (χ0n) is 7.14. The van der Waals surface area contributed by atoms with Crippen molar-refractivity contribution in [3.8, 4) is 5.75 Å². The molecule has 2 heteroatoms. The summed E-state index contributed by atoms with van der Waals surface area (Å²) in [7, 11) is 0. The van der Waals surface area contributed by atoms with Gasteiger partial charge in [-0.25, -0.2) is 0 Å². The Morgan fingerprint density at radius 2 is 2.42 bits per heavy atom. The maximum absolute atomic E-state index is 5.48. The Morgan fingerprint density at radius 1 is 1.58 bits per heavy atom. The van der Waals surface area contributed by atoms with E-state index < -0.39 is 0 Å². The number of halogens is 1. The molecule has 1 radical (unpaired) electrons. The second kappa shape index (κ2) is 5.20. The van der Waals surface area contributed by atoms with Crippen LogP contribution in [0.3, 0.4) is 0 Å². The molecule has 0 amide bonds. The van der Waals surface area contributed by atoms with E-state index in [-0.39, 0.29) is 0 Å². The van der Waals surface area contributed by atoms with Crippen LogP contribution < -0.4 is 4.74 Å². The number of ether oxygens (including phenoxy) is 1. The lowest BCUT2D eigenvalue weighted by Gasteiger charge is -2.04. The van der Waals surface area contributed by atoms with Crippen LogP contribution in [0.25, 0.3) is 0 Å². The average molecular weight is 228 g/mol. The normalized spacial score (nSPS) is 9.83. The summed E-state index contributed by atoms with van der Waals surface area (Å²) in [4.78, 5) is 0. The first-order chi connectivity index (χ1) is 5.83. The monoisotopic (exact) mass is 227 g/mol. The predicted molar refractivity (Wildman–Crippen MR) is 53.9 cm³/mol. The van der Waals surface area contributed by atoms with Gasteiger partial charge in [0.25, 0.3) is 0 Å². The highest BCUT2D eigenvalue weighted by molar-refractivity contribution is 9.09. The first-order valence-corrected chi connectivity index (χ1v) is 5.12. The van der Waals surface area contributed by atoms with Crippen LogP contribution in [0.5, 0.6) is 5.75 Å². The number of rotatable bonds is 4. The fourth-order valence-corrected chi connectivity index (χ4v) is 1.12. The minimum atomic E-state index is 0.773. The highest BCUT2D eigenvalue weighted by Gasteiger charge is 1.92. The van der Waals surface area contributed by atoms with Gasteiger partial charge in [0.05, 0.1) is 6.61 Å². The van der Waals surface area contributed by atoms with Crippen LogP contribution >= 0.6 is 15.9 Å². The molecule has 0 heterocycles. The Hall–Kier alpha value is -0.500. The molecule has 0 spiro atoms. The van der Waals surface area contributed by atoms with E-state index in [2.05, 4.69) is 22.0 Å².